The predicted molar refractivity (Wildman–Crippen MR) is 116 cm³/mol. The van der Waals surface area contributed by atoms with Crippen LogP contribution in [-0.4, -0.2) is 69.7 Å². The number of rotatable bonds is 8. The predicted octanol–water partition coefficient (Wildman–Crippen LogP) is 3.52. The summed E-state index contributed by atoms with van der Waals surface area (Å²) < 4.78 is 0. The number of likely N-dealkylation sites (N-methyl/N-ethyl adjacent to an activating group) is 2. The first-order chi connectivity index (χ1) is 11.9. The lowest BCUT2D eigenvalue weighted by molar-refractivity contribution is 0.0952. The maximum absolute atomic E-state index is 11.9. The van der Waals surface area contributed by atoms with Gasteiger partial charge in [-0.25, -0.2) is 0 Å². The summed E-state index contributed by atoms with van der Waals surface area (Å²) >= 11 is 0. The maximum atomic E-state index is 11.9. The molecule has 25 heavy (non-hydrogen) atoms. The Morgan fingerprint density at radius 2 is 1.52 bits per heavy atom. The fraction of sp³-hybridized carbons (Fsp3) is 0.650. The third-order valence-electron chi connectivity index (χ3n) is 3.24. The van der Waals surface area contributed by atoms with E-state index in [9.17, 15) is 4.79 Å². The second-order valence-corrected chi connectivity index (χ2v) is 6.29. The number of amides is 1. The van der Waals surface area contributed by atoms with E-state index in [2.05, 4.69) is 59.3 Å². The molecule has 1 aromatic carbocycles. The molecule has 1 unspecified atom stereocenters. The Kier molecular flexibility index (Phi) is 18.8. The van der Waals surface area contributed by atoms with E-state index in [0.29, 0.717) is 0 Å². The minimum atomic E-state index is 0.0148. The van der Waals surface area contributed by atoms with Crippen molar-refractivity contribution in [3.05, 3.63) is 35.4 Å². The summed E-state index contributed by atoms with van der Waals surface area (Å²) in [4.78, 5) is 16.4. The van der Waals surface area contributed by atoms with Gasteiger partial charge in [-0.15, -0.1) is 9.24 Å². The van der Waals surface area contributed by atoms with Crippen LogP contribution in [0.15, 0.2) is 24.3 Å². The Labute approximate surface area is 158 Å². The van der Waals surface area contributed by atoms with Gasteiger partial charge >= 0.3 is 0 Å². The van der Waals surface area contributed by atoms with Gasteiger partial charge in [-0.05, 0) is 53.2 Å². The highest BCUT2D eigenvalue weighted by atomic mass is 31.0. The van der Waals surface area contributed by atoms with Crippen LogP contribution >= 0.6 is 9.24 Å². The molecule has 5 heteroatoms. The zero-order valence-corrected chi connectivity index (χ0v) is 18.6. The first kappa shape index (κ1) is 26.3. The average Bonchev–Trinajstić information content (AvgIpc) is 2.60. The third-order valence-corrected chi connectivity index (χ3v) is 3.24. The third kappa shape index (κ3) is 16.3. The molecule has 0 fully saturated rings. The minimum Gasteiger partial charge on any atom is -0.352 e. The van der Waals surface area contributed by atoms with Crippen LogP contribution in [0.4, 0.5) is 0 Å². The van der Waals surface area contributed by atoms with Crippen molar-refractivity contribution in [1.29, 1.82) is 0 Å². The molecule has 146 valence electrons. The molecule has 1 amide bonds. The topological polar surface area (TPSA) is 35.6 Å². The fourth-order valence-corrected chi connectivity index (χ4v) is 1.84. The van der Waals surface area contributed by atoms with Gasteiger partial charge in [0.25, 0.3) is 5.91 Å². The summed E-state index contributed by atoms with van der Waals surface area (Å²) in [6.45, 7) is 12.0. The highest BCUT2D eigenvalue weighted by Gasteiger charge is 2.04. The van der Waals surface area contributed by atoms with E-state index < -0.39 is 0 Å². The van der Waals surface area contributed by atoms with Crippen molar-refractivity contribution in [3.8, 4) is 0 Å². The van der Waals surface area contributed by atoms with Gasteiger partial charge in [0.15, 0.2) is 0 Å². The highest BCUT2D eigenvalue weighted by Crippen LogP contribution is 2.02. The zero-order valence-electron chi connectivity index (χ0n) is 17.4. The van der Waals surface area contributed by atoms with Crippen LogP contribution in [0.1, 0.15) is 42.6 Å². The molecule has 0 aromatic heterocycles. The van der Waals surface area contributed by atoms with Gasteiger partial charge in [-0.3, -0.25) is 4.79 Å². The second-order valence-electron chi connectivity index (χ2n) is 6.29. The van der Waals surface area contributed by atoms with Crippen LogP contribution in [-0.2, 0) is 0 Å². The molecule has 4 nitrogen and oxygen atoms in total. The molecular formula is C20H40N3OP. The summed E-state index contributed by atoms with van der Waals surface area (Å²) in [5, 5.41) is 2.96. The van der Waals surface area contributed by atoms with Gasteiger partial charge in [0.05, 0.1) is 0 Å². The molecule has 1 N–H and O–H groups in total. The summed E-state index contributed by atoms with van der Waals surface area (Å²) in [7, 11) is 8.69. The van der Waals surface area contributed by atoms with E-state index in [4.69, 9.17) is 0 Å². The highest BCUT2D eigenvalue weighted by molar-refractivity contribution is 7.15. The van der Waals surface area contributed by atoms with Crippen molar-refractivity contribution in [3.63, 3.8) is 0 Å². The molecular weight excluding hydrogens is 329 g/mol. The minimum absolute atomic E-state index is 0.0148. The van der Waals surface area contributed by atoms with Crippen molar-refractivity contribution in [1.82, 2.24) is 15.1 Å². The number of hydrogen-bond donors (Lipinski definition) is 1. The standard InChI is InChI=1S/C16H27N3O.C3H8.CH5P/c1-14-6-8-15(9-7-14)16(20)17-10-5-11-19(4)13-12-18(2)3;1-3-2;1-2/h6-9H,5,10-13H2,1-4H3,(H,17,20);3H2,1-2H3;2H2,1H3. The molecule has 0 saturated carbocycles. The van der Waals surface area contributed by atoms with Crippen molar-refractivity contribution < 1.29 is 4.79 Å². The van der Waals surface area contributed by atoms with Crippen LogP contribution in [0.2, 0.25) is 0 Å². The van der Waals surface area contributed by atoms with Crippen LogP contribution in [0, 0.1) is 6.92 Å². The van der Waals surface area contributed by atoms with Gasteiger partial charge < -0.3 is 15.1 Å². The second kappa shape index (κ2) is 17.8. The first-order valence-corrected chi connectivity index (χ1v) is 10.3. The van der Waals surface area contributed by atoms with Crippen molar-refractivity contribution in [2.75, 3.05) is 54.0 Å². The van der Waals surface area contributed by atoms with E-state index in [1.165, 1.54) is 12.0 Å². The largest absolute Gasteiger partial charge is 0.352 e. The van der Waals surface area contributed by atoms with E-state index >= 15 is 0 Å². The number of aryl methyl sites for hydroxylation is 1. The van der Waals surface area contributed by atoms with Crippen LogP contribution < -0.4 is 5.32 Å². The Morgan fingerprint density at radius 1 is 1.00 bits per heavy atom. The van der Waals surface area contributed by atoms with Gasteiger partial charge in [0, 0.05) is 25.2 Å². The molecule has 0 saturated heterocycles. The zero-order chi connectivity index (χ0) is 19.7. The molecule has 1 rings (SSSR count). The molecule has 0 aliphatic carbocycles. The number of nitrogens with one attached hydrogen (secondary N) is 1. The number of nitrogens with zero attached hydrogens (tertiary/aromatic N) is 2. The summed E-state index contributed by atoms with van der Waals surface area (Å²) in [5.74, 6) is 0.0148. The number of carbonyl (C=O) groups is 1. The molecule has 0 heterocycles. The summed E-state index contributed by atoms with van der Waals surface area (Å²) in [5.41, 5.74) is 1.90. The van der Waals surface area contributed by atoms with Gasteiger partial charge in [0.2, 0.25) is 0 Å². The quantitative estimate of drug-likeness (QED) is 0.563. The molecule has 1 atom stereocenters. The fourth-order valence-electron chi connectivity index (χ4n) is 1.84. The molecule has 1 aromatic rings. The van der Waals surface area contributed by atoms with E-state index in [-0.39, 0.29) is 5.91 Å². The van der Waals surface area contributed by atoms with Crippen molar-refractivity contribution in [2.24, 2.45) is 0 Å². The first-order valence-electron chi connectivity index (χ1n) is 9.16. The van der Waals surface area contributed by atoms with Crippen molar-refractivity contribution >= 4 is 15.1 Å². The Bertz CT molecular complexity index is 421. The van der Waals surface area contributed by atoms with Gasteiger partial charge in [0.1, 0.15) is 0 Å². The monoisotopic (exact) mass is 369 g/mol. The Balaban J connectivity index is 0. The number of hydrogen-bond acceptors (Lipinski definition) is 3. The van der Waals surface area contributed by atoms with Crippen molar-refractivity contribution in [2.45, 2.75) is 33.6 Å². The van der Waals surface area contributed by atoms with Crippen LogP contribution in [0.5, 0.6) is 0 Å². The number of carbonyl (C=O) groups excluding carboxylic acids is 1. The number of benzene rings is 1. The Morgan fingerprint density at radius 3 is 2.00 bits per heavy atom. The van der Waals surface area contributed by atoms with E-state index in [1.54, 1.807) is 0 Å². The van der Waals surface area contributed by atoms with E-state index in [1.807, 2.05) is 37.9 Å². The van der Waals surface area contributed by atoms with Gasteiger partial charge in [-0.1, -0.05) is 44.6 Å². The lowest BCUT2D eigenvalue weighted by atomic mass is 10.1. The summed E-state index contributed by atoms with van der Waals surface area (Å²) in [6.07, 6.45) is 2.22. The molecule has 0 bridgehead atoms. The smallest absolute Gasteiger partial charge is 0.251 e. The molecule has 0 radical (unpaired) electrons. The lowest BCUT2D eigenvalue weighted by Gasteiger charge is -2.19. The van der Waals surface area contributed by atoms with Crippen LogP contribution in [0.25, 0.3) is 0 Å². The molecule has 0 aliphatic heterocycles. The van der Waals surface area contributed by atoms with E-state index in [0.717, 1.165) is 38.2 Å². The normalized spacial score (nSPS) is 9.84. The van der Waals surface area contributed by atoms with Gasteiger partial charge in [-0.2, -0.15) is 0 Å². The Hall–Kier alpha value is -0.960. The summed E-state index contributed by atoms with van der Waals surface area (Å²) in [6, 6.07) is 7.66. The average molecular weight is 370 g/mol. The SMILES string of the molecule is CCC.CP.Cc1ccc(C(=O)NCCCN(C)CCN(C)C)cc1. The van der Waals surface area contributed by atoms with Crippen LogP contribution in [0.3, 0.4) is 0 Å². The molecule has 0 spiro atoms. The lowest BCUT2D eigenvalue weighted by Crippen LogP contribution is -2.32. The molecule has 0 aliphatic rings. The maximum Gasteiger partial charge on any atom is 0.251 e.